The molecule has 150 valence electrons. The van der Waals surface area contributed by atoms with E-state index in [2.05, 4.69) is 10.1 Å². The van der Waals surface area contributed by atoms with Crippen LogP contribution < -0.4 is 4.74 Å². The minimum Gasteiger partial charge on any atom is -0.496 e. The predicted octanol–water partition coefficient (Wildman–Crippen LogP) is 4.70. The molecule has 0 radical (unpaired) electrons. The first-order valence-corrected chi connectivity index (χ1v) is 9.49. The van der Waals surface area contributed by atoms with Crippen LogP contribution in [0.1, 0.15) is 11.5 Å². The maximum absolute atomic E-state index is 12.2. The molecule has 0 unspecified atom stereocenters. The van der Waals surface area contributed by atoms with Crippen LogP contribution in [0.15, 0.2) is 83.4 Å². The first-order valence-electron chi connectivity index (χ1n) is 9.49. The van der Waals surface area contributed by atoms with Crippen molar-refractivity contribution in [3.8, 4) is 28.3 Å². The molecule has 0 atom stereocenters. The quantitative estimate of drug-likeness (QED) is 0.419. The molecule has 0 saturated carbocycles. The molecule has 6 nitrogen and oxygen atoms in total. The standard InChI is InChI=1S/C24H20N2O4/c1-28-21-10-6-5-9-20(21)24-25-22(30-26-24)16-29-23(27)15-17-11-13-19(14-12-17)18-7-3-2-4-8-18/h2-14H,15-16H2,1H3. The van der Waals surface area contributed by atoms with Crippen molar-refractivity contribution >= 4 is 5.97 Å². The topological polar surface area (TPSA) is 74.5 Å². The maximum atomic E-state index is 12.2. The highest BCUT2D eigenvalue weighted by Gasteiger charge is 2.14. The van der Waals surface area contributed by atoms with Crippen molar-refractivity contribution in [1.82, 2.24) is 10.1 Å². The molecular formula is C24H20N2O4. The van der Waals surface area contributed by atoms with E-state index in [1.54, 1.807) is 7.11 Å². The highest BCUT2D eigenvalue weighted by molar-refractivity contribution is 5.73. The second-order valence-corrected chi connectivity index (χ2v) is 6.61. The Morgan fingerprint density at radius 2 is 1.60 bits per heavy atom. The largest absolute Gasteiger partial charge is 0.496 e. The van der Waals surface area contributed by atoms with E-state index in [-0.39, 0.29) is 24.9 Å². The second-order valence-electron chi connectivity index (χ2n) is 6.61. The Morgan fingerprint density at radius 1 is 0.900 bits per heavy atom. The number of hydrogen-bond donors (Lipinski definition) is 0. The molecule has 0 aliphatic heterocycles. The lowest BCUT2D eigenvalue weighted by molar-refractivity contribution is -0.144. The number of carbonyl (C=O) groups is 1. The summed E-state index contributed by atoms with van der Waals surface area (Å²) in [6, 6.07) is 25.3. The first-order chi connectivity index (χ1) is 14.7. The van der Waals surface area contributed by atoms with E-state index in [4.69, 9.17) is 14.0 Å². The Balaban J connectivity index is 1.34. The van der Waals surface area contributed by atoms with E-state index in [0.29, 0.717) is 17.1 Å². The van der Waals surface area contributed by atoms with Crippen LogP contribution >= 0.6 is 0 Å². The number of para-hydroxylation sites is 1. The van der Waals surface area contributed by atoms with Crippen LogP contribution in [0.2, 0.25) is 0 Å². The zero-order valence-corrected chi connectivity index (χ0v) is 16.4. The van der Waals surface area contributed by atoms with Gasteiger partial charge in [-0.1, -0.05) is 71.9 Å². The van der Waals surface area contributed by atoms with E-state index < -0.39 is 0 Å². The lowest BCUT2D eigenvalue weighted by atomic mass is 10.0. The molecule has 3 aromatic carbocycles. The molecule has 4 rings (SSSR count). The summed E-state index contributed by atoms with van der Waals surface area (Å²) in [7, 11) is 1.58. The van der Waals surface area contributed by atoms with Gasteiger partial charge in [-0.25, -0.2) is 0 Å². The fourth-order valence-corrected chi connectivity index (χ4v) is 3.06. The molecule has 1 aromatic heterocycles. The predicted molar refractivity (Wildman–Crippen MR) is 112 cm³/mol. The van der Waals surface area contributed by atoms with Crippen LogP contribution in [0, 0.1) is 0 Å². The number of carbonyl (C=O) groups excluding carboxylic acids is 1. The minimum atomic E-state index is -0.362. The van der Waals surface area contributed by atoms with Crippen LogP contribution in [0.4, 0.5) is 0 Å². The number of benzene rings is 3. The molecule has 0 spiro atoms. The average Bonchev–Trinajstić information content (AvgIpc) is 3.28. The number of esters is 1. The Bertz CT molecular complexity index is 1120. The average molecular weight is 400 g/mol. The molecule has 4 aromatic rings. The van der Waals surface area contributed by atoms with Gasteiger partial charge in [-0.2, -0.15) is 4.98 Å². The van der Waals surface area contributed by atoms with Gasteiger partial charge in [0.05, 0.1) is 19.1 Å². The van der Waals surface area contributed by atoms with Crippen LogP contribution in [-0.2, 0) is 22.6 Å². The number of rotatable bonds is 7. The third-order valence-electron chi connectivity index (χ3n) is 4.58. The van der Waals surface area contributed by atoms with E-state index in [1.165, 1.54) is 0 Å². The number of ether oxygens (including phenoxy) is 2. The Hall–Kier alpha value is -3.93. The summed E-state index contributed by atoms with van der Waals surface area (Å²) in [4.78, 5) is 16.5. The van der Waals surface area contributed by atoms with Crippen molar-refractivity contribution in [1.29, 1.82) is 0 Å². The van der Waals surface area contributed by atoms with Gasteiger partial charge in [-0.05, 0) is 28.8 Å². The molecule has 0 amide bonds. The minimum absolute atomic E-state index is 0.0803. The maximum Gasteiger partial charge on any atom is 0.310 e. The summed E-state index contributed by atoms with van der Waals surface area (Å²) in [5.41, 5.74) is 3.82. The molecule has 6 heteroatoms. The molecule has 0 bridgehead atoms. The van der Waals surface area contributed by atoms with Gasteiger partial charge >= 0.3 is 5.97 Å². The van der Waals surface area contributed by atoms with Crippen LogP contribution in [0.3, 0.4) is 0 Å². The van der Waals surface area contributed by atoms with Gasteiger partial charge in [0.2, 0.25) is 5.82 Å². The number of nitrogens with zero attached hydrogens (tertiary/aromatic N) is 2. The van der Waals surface area contributed by atoms with Gasteiger partial charge in [0.25, 0.3) is 5.89 Å². The highest BCUT2D eigenvalue weighted by atomic mass is 16.6. The third kappa shape index (κ3) is 4.55. The van der Waals surface area contributed by atoms with E-state index >= 15 is 0 Å². The third-order valence-corrected chi connectivity index (χ3v) is 4.58. The van der Waals surface area contributed by atoms with Crippen molar-refractivity contribution in [2.24, 2.45) is 0 Å². The summed E-state index contributed by atoms with van der Waals surface area (Å²) in [6.45, 7) is -0.0803. The van der Waals surface area contributed by atoms with Crippen molar-refractivity contribution in [2.75, 3.05) is 7.11 Å². The summed E-state index contributed by atoms with van der Waals surface area (Å²) in [5.74, 6) is 0.888. The lowest BCUT2D eigenvalue weighted by Gasteiger charge is -2.05. The van der Waals surface area contributed by atoms with Gasteiger partial charge in [0, 0.05) is 0 Å². The number of aromatic nitrogens is 2. The smallest absolute Gasteiger partial charge is 0.310 e. The zero-order valence-electron chi connectivity index (χ0n) is 16.4. The second kappa shape index (κ2) is 9.05. The van der Waals surface area contributed by atoms with Crippen LogP contribution in [0.25, 0.3) is 22.5 Å². The Labute approximate surface area is 174 Å². The monoisotopic (exact) mass is 400 g/mol. The van der Waals surface area contributed by atoms with Gasteiger partial charge < -0.3 is 14.0 Å². The van der Waals surface area contributed by atoms with Gasteiger partial charge in [-0.15, -0.1) is 0 Å². The SMILES string of the molecule is COc1ccccc1-c1noc(COC(=O)Cc2ccc(-c3ccccc3)cc2)n1. The zero-order chi connectivity index (χ0) is 20.8. The number of hydrogen-bond acceptors (Lipinski definition) is 6. The number of methoxy groups -OCH3 is 1. The summed E-state index contributed by atoms with van der Waals surface area (Å²) >= 11 is 0. The summed E-state index contributed by atoms with van der Waals surface area (Å²) < 4.78 is 15.8. The fraction of sp³-hybridized carbons (Fsp3) is 0.125. The van der Waals surface area contributed by atoms with Crippen molar-refractivity contribution in [2.45, 2.75) is 13.0 Å². The molecule has 0 N–H and O–H groups in total. The molecule has 1 heterocycles. The molecular weight excluding hydrogens is 380 g/mol. The first kappa shape index (κ1) is 19.4. The molecule has 0 aliphatic rings. The van der Waals surface area contributed by atoms with E-state index in [9.17, 15) is 4.79 Å². The highest BCUT2D eigenvalue weighted by Crippen LogP contribution is 2.27. The molecule has 0 saturated heterocycles. The van der Waals surface area contributed by atoms with Gasteiger partial charge in [0.15, 0.2) is 6.61 Å². The van der Waals surface area contributed by atoms with Crippen LogP contribution in [-0.4, -0.2) is 23.2 Å². The van der Waals surface area contributed by atoms with Crippen molar-refractivity contribution < 1.29 is 18.8 Å². The normalized spacial score (nSPS) is 10.6. The molecule has 30 heavy (non-hydrogen) atoms. The fourth-order valence-electron chi connectivity index (χ4n) is 3.06. The summed E-state index contributed by atoms with van der Waals surface area (Å²) in [5, 5.41) is 3.94. The van der Waals surface area contributed by atoms with Gasteiger partial charge in [0.1, 0.15) is 5.75 Å². The van der Waals surface area contributed by atoms with Crippen molar-refractivity contribution in [3.05, 3.63) is 90.3 Å². The Kier molecular flexibility index (Phi) is 5.85. The summed E-state index contributed by atoms with van der Waals surface area (Å²) in [6.07, 6.45) is 0.169. The molecule has 0 fully saturated rings. The van der Waals surface area contributed by atoms with Crippen LogP contribution in [0.5, 0.6) is 5.75 Å². The lowest BCUT2D eigenvalue weighted by Crippen LogP contribution is -2.08. The van der Waals surface area contributed by atoms with E-state index in [1.807, 2.05) is 78.9 Å². The van der Waals surface area contributed by atoms with Crippen molar-refractivity contribution in [3.63, 3.8) is 0 Å². The Morgan fingerprint density at radius 3 is 2.37 bits per heavy atom. The van der Waals surface area contributed by atoms with Gasteiger partial charge in [-0.3, -0.25) is 4.79 Å². The molecule has 0 aliphatic carbocycles. The van der Waals surface area contributed by atoms with E-state index in [0.717, 1.165) is 16.7 Å².